The van der Waals surface area contributed by atoms with Crippen LogP contribution in [0.3, 0.4) is 0 Å². The molecule has 0 aliphatic heterocycles. The Labute approximate surface area is 206 Å². The second kappa shape index (κ2) is 10.6. The van der Waals surface area contributed by atoms with Gasteiger partial charge in [0.1, 0.15) is 0 Å². The highest BCUT2D eigenvalue weighted by Crippen LogP contribution is 2.32. The van der Waals surface area contributed by atoms with Gasteiger partial charge in [-0.15, -0.1) is 0 Å². The molecule has 0 aliphatic rings. The fourth-order valence-electron chi connectivity index (χ4n) is 2.60. The summed E-state index contributed by atoms with van der Waals surface area (Å²) in [5.74, 6) is -1.98. The molecule has 0 unspecified atom stereocenters. The van der Waals surface area contributed by atoms with Gasteiger partial charge in [0.25, 0.3) is 5.91 Å². The molecule has 0 atom stereocenters. The lowest BCUT2D eigenvalue weighted by atomic mass is 10.1. The van der Waals surface area contributed by atoms with Gasteiger partial charge in [0.05, 0.1) is 32.3 Å². The molecule has 8 nitrogen and oxygen atoms in total. The van der Waals surface area contributed by atoms with Crippen LogP contribution in [0.15, 0.2) is 59.7 Å². The average Bonchev–Trinajstić information content (AvgIpc) is 2.74. The van der Waals surface area contributed by atoms with E-state index in [-0.39, 0.29) is 32.5 Å². The van der Waals surface area contributed by atoms with Gasteiger partial charge >= 0.3 is 11.7 Å². The summed E-state index contributed by atoms with van der Waals surface area (Å²) in [6.45, 7) is 0. The predicted octanol–water partition coefficient (Wildman–Crippen LogP) is 6.19. The van der Waals surface area contributed by atoms with Gasteiger partial charge in [0, 0.05) is 21.7 Å². The van der Waals surface area contributed by atoms with E-state index in [1.54, 1.807) is 0 Å². The Morgan fingerprint density at radius 1 is 0.939 bits per heavy atom. The molecule has 0 radical (unpaired) electrons. The molecule has 0 spiro atoms. The first-order valence-corrected chi connectivity index (χ1v) is 10.4. The number of carbonyl (C=O) groups excluding carboxylic acids is 2. The number of hydrogen-bond acceptors (Lipinski definition) is 6. The van der Waals surface area contributed by atoms with Crippen LogP contribution in [0.5, 0.6) is 5.75 Å². The third-order valence-corrected chi connectivity index (χ3v) is 5.21. The standard InChI is InChI=1S/C21H11Cl4N3O5/c22-12-4-6-14(16(24)8-12)20(29)27-26-10-11-2-1-3-18(28(31)32)19(11)33-21(30)15-7-5-13(23)9-17(15)25/h1-10H,(H,27,29)/b26-10+. The number of benzene rings is 3. The third-order valence-electron chi connectivity index (χ3n) is 4.11. The minimum Gasteiger partial charge on any atom is -0.415 e. The number of hydrogen-bond donors (Lipinski definition) is 1. The first-order valence-electron chi connectivity index (χ1n) is 8.90. The zero-order chi connectivity index (χ0) is 24.1. The number of rotatable bonds is 6. The van der Waals surface area contributed by atoms with Crippen molar-refractivity contribution in [3.8, 4) is 5.75 Å². The summed E-state index contributed by atoms with van der Waals surface area (Å²) in [4.78, 5) is 35.6. The maximum atomic E-state index is 12.6. The quantitative estimate of drug-likeness (QED) is 0.135. The number of para-hydroxylation sites is 1. The monoisotopic (exact) mass is 525 g/mol. The first kappa shape index (κ1) is 24.5. The number of nitro groups is 1. The summed E-state index contributed by atoms with van der Waals surface area (Å²) < 4.78 is 5.27. The molecule has 1 N–H and O–H groups in total. The van der Waals surface area contributed by atoms with E-state index in [1.807, 2.05) is 0 Å². The van der Waals surface area contributed by atoms with E-state index in [0.717, 1.165) is 12.3 Å². The summed E-state index contributed by atoms with van der Waals surface area (Å²) in [7, 11) is 0. The molecular weight excluding hydrogens is 516 g/mol. The van der Waals surface area contributed by atoms with Crippen molar-refractivity contribution in [2.75, 3.05) is 0 Å². The molecule has 0 aromatic heterocycles. The smallest absolute Gasteiger partial charge is 0.345 e. The highest BCUT2D eigenvalue weighted by molar-refractivity contribution is 6.37. The Morgan fingerprint density at radius 3 is 2.12 bits per heavy atom. The molecule has 33 heavy (non-hydrogen) atoms. The number of halogens is 4. The van der Waals surface area contributed by atoms with E-state index in [4.69, 9.17) is 51.1 Å². The maximum Gasteiger partial charge on any atom is 0.345 e. The summed E-state index contributed by atoms with van der Waals surface area (Å²) >= 11 is 23.6. The molecule has 0 saturated carbocycles. The Hall–Kier alpha value is -3.17. The maximum absolute atomic E-state index is 12.6. The van der Waals surface area contributed by atoms with E-state index in [0.29, 0.717) is 10.0 Å². The van der Waals surface area contributed by atoms with Crippen molar-refractivity contribution < 1.29 is 19.2 Å². The van der Waals surface area contributed by atoms with Gasteiger partial charge in [-0.05, 0) is 42.5 Å². The third kappa shape index (κ3) is 6.00. The molecule has 0 heterocycles. The highest BCUT2D eigenvalue weighted by Gasteiger charge is 2.23. The van der Waals surface area contributed by atoms with Crippen molar-refractivity contribution in [3.05, 3.63) is 101 Å². The van der Waals surface area contributed by atoms with E-state index >= 15 is 0 Å². The van der Waals surface area contributed by atoms with E-state index in [9.17, 15) is 19.7 Å². The fraction of sp³-hybridized carbons (Fsp3) is 0. The van der Waals surface area contributed by atoms with Crippen LogP contribution in [0.2, 0.25) is 20.1 Å². The predicted molar refractivity (Wildman–Crippen MR) is 126 cm³/mol. The van der Waals surface area contributed by atoms with Crippen LogP contribution in [0.4, 0.5) is 5.69 Å². The molecule has 1 amide bonds. The van der Waals surface area contributed by atoms with Gasteiger partial charge < -0.3 is 4.74 Å². The van der Waals surface area contributed by atoms with Crippen LogP contribution in [0.1, 0.15) is 26.3 Å². The summed E-state index contributed by atoms with van der Waals surface area (Å²) in [5, 5.41) is 16.0. The van der Waals surface area contributed by atoms with Crippen molar-refractivity contribution >= 4 is 70.2 Å². The van der Waals surface area contributed by atoms with Crippen molar-refractivity contribution in [1.29, 1.82) is 0 Å². The second-order valence-electron chi connectivity index (χ2n) is 6.29. The zero-order valence-corrected chi connectivity index (χ0v) is 19.2. The van der Waals surface area contributed by atoms with Crippen molar-refractivity contribution in [3.63, 3.8) is 0 Å². The van der Waals surface area contributed by atoms with Gasteiger partial charge in [-0.2, -0.15) is 5.10 Å². The van der Waals surface area contributed by atoms with Crippen molar-refractivity contribution in [1.82, 2.24) is 5.43 Å². The summed E-state index contributed by atoms with van der Waals surface area (Å²) in [6, 6.07) is 12.3. The van der Waals surface area contributed by atoms with Crippen molar-refractivity contribution in [2.45, 2.75) is 0 Å². The molecule has 0 saturated heterocycles. The molecular formula is C21H11Cl4N3O5. The molecule has 3 aromatic carbocycles. The minimum absolute atomic E-state index is 0.00779. The lowest BCUT2D eigenvalue weighted by Gasteiger charge is -2.09. The first-order chi connectivity index (χ1) is 15.7. The number of nitrogens with one attached hydrogen (secondary N) is 1. The van der Waals surface area contributed by atoms with Gasteiger partial charge in [-0.1, -0.05) is 52.5 Å². The second-order valence-corrected chi connectivity index (χ2v) is 7.98. The number of nitrogens with zero attached hydrogens (tertiary/aromatic N) is 2. The van der Waals surface area contributed by atoms with Crippen LogP contribution in [-0.2, 0) is 0 Å². The average molecular weight is 527 g/mol. The van der Waals surface area contributed by atoms with Crippen LogP contribution in [0.25, 0.3) is 0 Å². The van der Waals surface area contributed by atoms with E-state index in [2.05, 4.69) is 10.5 Å². The summed E-state index contributed by atoms with van der Waals surface area (Å²) in [6.07, 6.45) is 1.08. The number of nitro benzene ring substituents is 1. The van der Waals surface area contributed by atoms with Crippen LogP contribution < -0.4 is 10.2 Å². The number of amides is 1. The molecule has 0 aliphatic carbocycles. The number of esters is 1. The molecule has 3 rings (SSSR count). The molecule has 12 heteroatoms. The van der Waals surface area contributed by atoms with Gasteiger partial charge in [0.2, 0.25) is 5.75 Å². The van der Waals surface area contributed by atoms with E-state index in [1.165, 1.54) is 48.5 Å². The van der Waals surface area contributed by atoms with Crippen LogP contribution in [0, 0.1) is 10.1 Å². The van der Waals surface area contributed by atoms with Gasteiger partial charge in [0.15, 0.2) is 0 Å². The van der Waals surface area contributed by atoms with Gasteiger partial charge in [-0.25, -0.2) is 10.2 Å². The van der Waals surface area contributed by atoms with Crippen molar-refractivity contribution in [2.24, 2.45) is 5.10 Å². The van der Waals surface area contributed by atoms with Crippen LogP contribution >= 0.6 is 46.4 Å². The number of ether oxygens (including phenoxy) is 1. The number of carbonyl (C=O) groups is 2. The fourth-order valence-corrected chi connectivity index (χ4v) is 3.58. The SMILES string of the molecule is O=C(N/N=C/c1cccc([N+](=O)[O-])c1OC(=O)c1ccc(Cl)cc1Cl)c1ccc(Cl)cc1Cl. The Kier molecular flexibility index (Phi) is 7.88. The highest BCUT2D eigenvalue weighted by atomic mass is 35.5. The lowest BCUT2D eigenvalue weighted by Crippen LogP contribution is -2.18. The topological polar surface area (TPSA) is 111 Å². The van der Waals surface area contributed by atoms with E-state index < -0.39 is 22.5 Å². The Morgan fingerprint density at radius 2 is 1.55 bits per heavy atom. The molecule has 168 valence electrons. The number of hydrazone groups is 1. The lowest BCUT2D eigenvalue weighted by molar-refractivity contribution is -0.385. The Bertz CT molecular complexity index is 1300. The minimum atomic E-state index is -0.947. The normalized spacial score (nSPS) is 10.8. The Balaban J connectivity index is 1.88. The van der Waals surface area contributed by atoms with Crippen LogP contribution in [-0.4, -0.2) is 23.0 Å². The molecule has 3 aromatic rings. The molecule has 0 fully saturated rings. The summed E-state index contributed by atoms with van der Waals surface area (Å²) in [5.41, 5.74) is 1.86. The van der Waals surface area contributed by atoms with Gasteiger partial charge in [-0.3, -0.25) is 14.9 Å². The molecule has 0 bridgehead atoms. The zero-order valence-electron chi connectivity index (χ0n) is 16.2. The largest absolute Gasteiger partial charge is 0.415 e.